The zero-order valence-corrected chi connectivity index (χ0v) is 9.29. The number of hydrogen-bond acceptors (Lipinski definition) is 5. The summed E-state index contributed by atoms with van der Waals surface area (Å²) in [5.41, 5.74) is 0.721. The minimum atomic E-state index is -3.29. The summed E-state index contributed by atoms with van der Waals surface area (Å²) in [7, 11) is -3.29. The van der Waals surface area contributed by atoms with E-state index in [1.165, 1.54) is 6.07 Å². The molecule has 1 aromatic heterocycles. The largest absolute Gasteiger partial charge is 0.315 e. The monoisotopic (exact) mass is 227 g/mol. The average Bonchev–Trinajstić information content (AvgIpc) is 2.71. The molecule has 0 saturated carbocycles. The quantitative estimate of drug-likeness (QED) is 0.765. The fraction of sp³-hybridized carbons (Fsp3) is 0.556. The minimum absolute atomic E-state index is 0.0850. The van der Waals surface area contributed by atoms with Crippen molar-refractivity contribution < 1.29 is 8.42 Å². The lowest BCUT2D eigenvalue weighted by Gasteiger charge is -2.08. The molecule has 1 aromatic rings. The number of aryl methyl sites for hydroxylation is 1. The molecule has 82 valence electrons. The topological polar surface area (TPSA) is 72.0 Å². The van der Waals surface area contributed by atoms with Crippen molar-refractivity contribution >= 4 is 9.84 Å². The molecule has 0 spiro atoms. The molecule has 15 heavy (non-hydrogen) atoms. The van der Waals surface area contributed by atoms with Gasteiger partial charge in [0.05, 0.1) is 10.9 Å². The van der Waals surface area contributed by atoms with Crippen LogP contribution in [0, 0.1) is 6.92 Å². The van der Waals surface area contributed by atoms with Crippen LogP contribution in [-0.4, -0.2) is 37.0 Å². The van der Waals surface area contributed by atoms with E-state index in [-0.39, 0.29) is 10.3 Å². The summed E-state index contributed by atoms with van der Waals surface area (Å²) >= 11 is 0. The highest BCUT2D eigenvalue weighted by Gasteiger charge is 2.31. The van der Waals surface area contributed by atoms with Gasteiger partial charge in [-0.15, -0.1) is 5.10 Å². The van der Waals surface area contributed by atoms with Crippen LogP contribution in [0.5, 0.6) is 0 Å². The summed E-state index contributed by atoms with van der Waals surface area (Å²) in [6, 6.07) is 3.19. The Labute approximate surface area is 88.8 Å². The van der Waals surface area contributed by atoms with E-state index in [9.17, 15) is 8.42 Å². The van der Waals surface area contributed by atoms with E-state index in [2.05, 4.69) is 15.5 Å². The van der Waals surface area contributed by atoms with Crippen molar-refractivity contribution in [2.75, 3.05) is 13.1 Å². The summed E-state index contributed by atoms with van der Waals surface area (Å²) in [5.74, 6) is 0. The third-order valence-corrected chi connectivity index (χ3v) is 4.60. The van der Waals surface area contributed by atoms with Crippen LogP contribution in [0.4, 0.5) is 0 Å². The van der Waals surface area contributed by atoms with Crippen LogP contribution in [0.2, 0.25) is 0 Å². The van der Waals surface area contributed by atoms with Crippen LogP contribution in [0.3, 0.4) is 0 Å². The van der Waals surface area contributed by atoms with Gasteiger partial charge in [0.25, 0.3) is 0 Å². The molecule has 1 aliphatic heterocycles. The number of nitrogens with zero attached hydrogens (tertiary/aromatic N) is 2. The molecule has 0 bridgehead atoms. The van der Waals surface area contributed by atoms with Crippen molar-refractivity contribution in [3.05, 3.63) is 17.8 Å². The molecular formula is C9H13N3O2S. The Hall–Kier alpha value is -1.01. The highest BCUT2D eigenvalue weighted by Crippen LogP contribution is 2.17. The fourth-order valence-corrected chi connectivity index (χ4v) is 3.12. The Morgan fingerprint density at radius 1 is 1.40 bits per heavy atom. The highest BCUT2D eigenvalue weighted by molar-refractivity contribution is 7.92. The van der Waals surface area contributed by atoms with Crippen molar-refractivity contribution in [2.24, 2.45) is 0 Å². The van der Waals surface area contributed by atoms with Crippen LogP contribution in [0.1, 0.15) is 12.1 Å². The maximum absolute atomic E-state index is 12.0. The van der Waals surface area contributed by atoms with E-state index in [0.717, 1.165) is 12.2 Å². The third-order valence-electron chi connectivity index (χ3n) is 2.52. The van der Waals surface area contributed by atoms with Gasteiger partial charge in [-0.2, -0.15) is 5.10 Å². The zero-order valence-electron chi connectivity index (χ0n) is 8.47. The Morgan fingerprint density at radius 2 is 2.20 bits per heavy atom. The highest BCUT2D eigenvalue weighted by atomic mass is 32.2. The molecule has 0 radical (unpaired) electrons. The zero-order chi connectivity index (χ0) is 10.9. The van der Waals surface area contributed by atoms with Crippen LogP contribution in [0.25, 0.3) is 0 Å². The fourth-order valence-electron chi connectivity index (χ4n) is 1.60. The second kappa shape index (κ2) is 3.86. The Balaban J connectivity index is 2.32. The second-order valence-corrected chi connectivity index (χ2v) is 5.85. The van der Waals surface area contributed by atoms with Crippen LogP contribution >= 0.6 is 0 Å². The number of rotatable bonds is 2. The molecule has 2 heterocycles. The number of aromatic nitrogens is 2. The van der Waals surface area contributed by atoms with Crippen molar-refractivity contribution in [1.29, 1.82) is 0 Å². The summed E-state index contributed by atoms with van der Waals surface area (Å²) in [4.78, 5) is 0. The molecule has 0 aromatic carbocycles. The molecule has 1 N–H and O–H groups in total. The third kappa shape index (κ3) is 2.00. The second-order valence-electron chi connectivity index (χ2n) is 3.67. The smallest absolute Gasteiger partial charge is 0.201 e. The van der Waals surface area contributed by atoms with E-state index in [1.807, 2.05) is 0 Å². The molecule has 2 rings (SSSR count). The average molecular weight is 227 g/mol. The minimum Gasteiger partial charge on any atom is -0.315 e. The maximum Gasteiger partial charge on any atom is 0.201 e. The van der Waals surface area contributed by atoms with E-state index >= 15 is 0 Å². The molecule has 5 nitrogen and oxygen atoms in total. The van der Waals surface area contributed by atoms with Gasteiger partial charge in [0.2, 0.25) is 9.84 Å². The molecule has 1 fully saturated rings. The summed E-state index contributed by atoms with van der Waals surface area (Å²) in [6.45, 7) is 3.04. The normalized spacial score (nSPS) is 21.8. The maximum atomic E-state index is 12.0. The Morgan fingerprint density at radius 3 is 2.73 bits per heavy atom. The lowest BCUT2D eigenvalue weighted by Crippen LogP contribution is -2.25. The molecule has 0 aliphatic carbocycles. The molecule has 1 aliphatic rings. The first-order valence-electron chi connectivity index (χ1n) is 4.85. The van der Waals surface area contributed by atoms with Crippen molar-refractivity contribution in [3.63, 3.8) is 0 Å². The van der Waals surface area contributed by atoms with Crippen LogP contribution in [-0.2, 0) is 9.84 Å². The van der Waals surface area contributed by atoms with Gasteiger partial charge in [-0.3, -0.25) is 0 Å². The summed E-state index contributed by atoms with van der Waals surface area (Å²) in [6.07, 6.45) is 0.651. The molecule has 0 amide bonds. The Kier molecular flexibility index (Phi) is 2.70. The van der Waals surface area contributed by atoms with Crippen molar-refractivity contribution in [2.45, 2.75) is 23.6 Å². The van der Waals surface area contributed by atoms with Gasteiger partial charge in [0, 0.05) is 6.54 Å². The van der Waals surface area contributed by atoms with Crippen LogP contribution < -0.4 is 5.32 Å². The molecule has 1 saturated heterocycles. The van der Waals surface area contributed by atoms with E-state index < -0.39 is 9.84 Å². The number of sulfone groups is 1. The standard InChI is InChI=1S/C9H13N3O2S/c1-7-2-3-9(12-11-7)15(13,14)8-4-5-10-6-8/h2-3,8,10H,4-6H2,1H3/t8-/m1/s1. The van der Waals surface area contributed by atoms with E-state index in [0.29, 0.717) is 13.0 Å². The van der Waals surface area contributed by atoms with Gasteiger partial charge in [0.15, 0.2) is 5.03 Å². The van der Waals surface area contributed by atoms with Gasteiger partial charge in [0.1, 0.15) is 0 Å². The Bertz CT molecular complexity index is 435. The van der Waals surface area contributed by atoms with Gasteiger partial charge in [-0.05, 0) is 32.0 Å². The first-order chi connectivity index (χ1) is 7.10. The lowest BCUT2D eigenvalue weighted by molar-refractivity contribution is 0.576. The number of hydrogen-bond donors (Lipinski definition) is 1. The van der Waals surface area contributed by atoms with Gasteiger partial charge >= 0.3 is 0 Å². The first kappa shape index (κ1) is 10.5. The predicted molar refractivity (Wildman–Crippen MR) is 55.2 cm³/mol. The molecular weight excluding hydrogens is 214 g/mol. The van der Waals surface area contributed by atoms with Gasteiger partial charge < -0.3 is 5.32 Å². The number of nitrogens with one attached hydrogen (secondary N) is 1. The van der Waals surface area contributed by atoms with Crippen molar-refractivity contribution in [1.82, 2.24) is 15.5 Å². The van der Waals surface area contributed by atoms with Crippen LogP contribution in [0.15, 0.2) is 17.2 Å². The van der Waals surface area contributed by atoms with E-state index in [1.54, 1.807) is 13.0 Å². The van der Waals surface area contributed by atoms with Gasteiger partial charge in [-0.1, -0.05) is 0 Å². The summed E-state index contributed by atoms with van der Waals surface area (Å²) < 4.78 is 24.0. The summed E-state index contributed by atoms with van der Waals surface area (Å²) in [5, 5.41) is 10.3. The molecule has 6 heteroatoms. The van der Waals surface area contributed by atoms with Gasteiger partial charge in [-0.25, -0.2) is 8.42 Å². The SMILES string of the molecule is Cc1ccc(S(=O)(=O)[C@@H]2CCNC2)nn1. The van der Waals surface area contributed by atoms with E-state index in [4.69, 9.17) is 0 Å². The molecule has 1 atom stereocenters. The lowest BCUT2D eigenvalue weighted by atomic mass is 10.4. The van der Waals surface area contributed by atoms with Crippen molar-refractivity contribution in [3.8, 4) is 0 Å². The molecule has 0 unspecified atom stereocenters. The first-order valence-corrected chi connectivity index (χ1v) is 6.40. The predicted octanol–water partition coefficient (Wildman–Crippen LogP) is -0.0794.